The molecular formula is C7H13ClN2O. The van der Waals surface area contributed by atoms with Crippen LogP contribution in [0.2, 0.25) is 0 Å². The minimum Gasteiger partial charge on any atom is -0.340 e. The number of amides is 1. The van der Waals surface area contributed by atoms with E-state index in [-0.39, 0.29) is 17.3 Å². The van der Waals surface area contributed by atoms with Crippen molar-refractivity contribution in [1.29, 1.82) is 0 Å². The van der Waals surface area contributed by atoms with Gasteiger partial charge in [0.1, 0.15) is 0 Å². The van der Waals surface area contributed by atoms with Crippen LogP contribution in [0, 0.1) is 0 Å². The molecule has 2 atom stereocenters. The van der Waals surface area contributed by atoms with Crippen molar-refractivity contribution in [2.45, 2.75) is 24.8 Å². The van der Waals surface area contributed by atoms with E-state index in [2.05, 4.69) is 0 Å². The summed E-state index contributed by atoms with van der Waals surface area (Å²) < 4.78 is 0. The van der Waals surface area contributed by atoms with Gasteiger partial charge in [0.25, 0.3) is 0 Å². The maximum atomic E-state index is 11.1. The Hall–Kier alpha value is -0.280. The highest BCUT2D eigenvalue weighted by atomic mass is 35.5. The van der Waals surface area contributed by atoms with Crippen molar-refractivity contribution in [3.05, 3.63) is 0 Å². The van der Waals surface area contributed by atoms with E-state index >= 15 is 0 Å². The number of rotatable bonds is 2. The molecule has 1 aliphatic rings. The molecule has 2 unspecified atom stereocenters. The minimum atomic E-state index is -0.0127. The Kier molecular flexibility index (Phi) is 2.73. The van der Waals surface area contributed by atoms with Crippen LogP contribution in [0.4, 0.5) is 0 Å². The molecule has 1 amide bonds. The molecule has 1 aliphatic heterocycles. The predicted molar refractivity (Wildman–Crippen MR) is 44.5 cm³/mol. The van der Waals surface area contributed by atoms with Crippen LogP contribution >= 0.6 is 11.6 Å². The summed E-state index contributed by atoms with van der Waals surface area (Å²) in [6, 6.07) is 0.0425. The van der Waals surface area contributed by atoms with E-state index in [0.717, 1.165) is 0 Å². The summed E-state index contributed by atoms with van der Waals surface area (Å²) in [4.78, 5) is 12.8. The van der Waals surface area contributed by atoms with E-state index < -0.39 is 0 Å². The largest absolute Gasteiger partial charge is 0.340 e. The third kappa shape index (κ3) is 2.34. The molecule has 1 heterocycles. The Balaban J connectivity index is 2.41. The van der Waals surface area contributed by atoms with Crippen LogP contribution in [-0.2, 0) is 4.79 Å². The van der Waals surface area contributed by atoms with Gasteiger partial charge in [-0.1, -0.05) is 0 Å². The average molecular weight is 177 g/mol. The van der Waals surface area contributed by atoms with Gasteiger partial charge in [0.2, 0.25) is 5.91 Å². The standard InChI is InChI=1S/C7H13ClN2O/c1-5(9)3-10-4-6(8)2-7(10)11/h5-6H,2-4,9H2,1H3. The summed E-state index contributed by atoms with van der Waals surface area (Å²) in [5, 5.41) is -0.0127. The second-order valence-corrected chi connectivity index (χ2v) is 3.69. The first-order valence-corrected chi connectivity index (χ1v) is 4.20. The average Bonchev–Trinajstić information content (AvgIpc) is 2.09. The molecule has 3 nitrogen and oxygen atoms in total. The van der Waals surface area contributed by atoms with Gasteiger partial charge in [-0.05, 0) is 6.92 Å². The van der Waals surface area contributed by atoms with Crippen molar-refractivity contribution in [2.75, 3.05) is 13.1 Å². The third-order valence-electron chi connectivity index (χ3n) is 1.68. The molecule has 4 heteroatoms. The van der Waals surface area contributed by atoms with Crippen molar-refractivity contribution in [1.82, 2.24) is 4.90 Å². The molecule has 1 fully saturated rings. The Bertz CT molecular complexity index is 161. The lowest BCUT2D eigenvalue weighted by atomic mass is 10.3. The van der Waals surface area contributed by atoms with Crippen LogP contribution in [0.5, 0.6) is 0 Å². The molecule has 11 heavy (non-hydrogen) atoms. The van der Waals surface area contributed by atoms with Gasteiger partial charge in [-0.2, -0.15) is 0 Å². The number of carbonyl (C=O) groups is 1. The van der Waals surface area contributed by atoms with Gasteiger partial charge < -0.3 is 10.6 Å². The summed E-state index contributed by atoms with van der Waals surface area (Å²) in [5.74, 6) is 0.127. The number of likely N-dealkylation sites (tertiary alicyclic amines) is 1. The number of nitrogens with zero attached hydrogens (tertiary/aromatic N) is 1. The second-order valence-electron chi connectivity index (χ2n) is 3.08. The fourth-order valence-electron chi connectivity index (χ4n) is 1.25. The highest BCUT2D eigenvalue weighted by molar-refractivity contribution is 6.22. The highest BCUT2D eigenvalue weighted by Gasteiger charge is 2.27. The molecule has 0 spiro atoms. The van der Waals surface area contributed by atoms with Crippen molar-refractivity contribution < 1.29 is 4.79 Å². The Morgan fingerprint density at radius 3 is 2.91 bits per heavy atom. The molecule has 0 saturated carbocycles. The molecule has 0 radical (unpaired) electrons. The first kappa shape index (κ1) is 8.81. The highest BCUT2D eigenvalue weighted by Crippen LogP contribution is 2.15. The van der Waals surface area contributed by atoms with Gasteiger partial charge in [0, 0.05) is 25.6 Å². The van der Waals surface area contributed by atoms with Gasteiger partial charge in [0.05, 0.1) is 5.38 Å². The molecule has 1 saturated heterocycles. The third-order valence-corrected chi connectivity index (χ3v) is 1.97. The van der Waals surface area contributed by atoms with Gasteiger partial charge in [-0.3, -0.25) is 4.79 Å². The summed E-state index contributed by atoms with van der Waals surface area (Å²) in [7, 11) is 0. The quantitative estimate of drug-likeness (QED) is 0.610. The summed E-state index contributed by atoms with van der Waals surface area (Å²) >= 11 is 5.78. The smallest absolute Gasteiger partial charge is 0.224 e. The van der Waals surface area contributed by atoms with Crippen molar-refractivity contribution >= 4 is 17.5 Å². The second kappa shape index (κ2) is 3.41. The predicted octanol–water partition coefficient (Wildman–Crippen LogP) is 0.173. The van der Waals surface area contributed by atoms with Crippen molar-refractivity contribution in [3.63, 3.8) is 0 Å². The monoisotopic (exact) mass is 176 g/mol. The first-order chi connectivity index (χ1) is 5.09. The van der Waals surface area contributed by atoms with Crippen molar-refractivity contribution in [2.24, 2.45) is 5.73 Å². The Morgan fingerprint density at radius 2 is 2.55 bits per heavy atom. The van der Waals surface area contributed by atoms with Crippen LogP contribution in [-0.4, -0.2) is 35.3 Å². The van der Waals surface area contributed by atoms with Gasteiger partial charge in [0.15, 0.2) is 0 Å². The SMILES string of the molecule is CC(N)CN1CC(Cl)CC1=O. The van der Waals surface area contributed by atoms with E-state index in [1.165, 1.54) is 0 Å². The maximum absolute atomic E-state index is 11.1. The Morgan fingerprint density at radius 1 is 1.91 bits per heavy atom. The van der Waals surface area contributed by atoms with Gasteiger partial charge >= 0.3 is 0 Å². The zero-order valence-electron chi connectivity index (χ0n) is 6.59. The van der Waals surface area contributed by atoms with E-state index in [0.29, 0.717) is 19.5 Å². The summed E-state index contributed by atoms with van der Waals surface area (Å²) in [6.45, 7) is 3.17. The molecule has 0 aromatic rings. The van der Waals surface area contributed by atoms with Crippen LogP contribution < -0.4 is 5.73 Å². The van der Waals surface area contributed by atoms with Crippen LogP contribution in [0.1, 0.15) is 13.3 Å². The minimum absolute atomic E-state index is 0.0127. The molecule has 0 bridgehead atoms. The van der Waals surface area contributed by atoms with E-state index in [1.54, 1.807) is 4.90 Å². The molecule has 2 N–H and O–H groups in total. The molecule has 1 rings (SSSR count). The van der Waals surface area contributed by atoms with Gasteiger partial charge in [-0.25, -0.2) is 0 Å². The molecule has 0 aromatic heterocycles. The molecule has 64 valence electrons. The number of carbonyl (C=O) groups excluding carboxylic acids is 1. The van der Waals surface area contributed by atoms with E-state index in [9.17, 15) is 4.79 Å². The normalized spacial score (nSPS) is 27.7. The number of alkyl halides is 1. The first-order valence-electron chi connectivity index (χ1n) is 3.77. The van der Waals surface area contributed by atoms with E-state index in [1.807, 2.05) is 6.92 Å². The summed E-state index contributed by atoms with van der Waals surface area (Å²) in [5.41, 5.74) is 5.54. The topological polar surface area (TPSA) is 46.3 Å². The fraction of sp³-hybridized carbons (Fsp3) is 0.857. The number of nitrogens with two attached hydrogens (primary N) is 1. The number of hydrogen-bond acceptors (Lipinski definition) is 2. The summed E-state index contributed by atoms with van der Waals surface area (Å²) in [6.07, 6.45) is 0.467. The van der Waals surface area contributed by atoms with Crippen LogP contribution in [0.25, 0.3) is 0 Å². The Labute approximate surface area is 71.5 Å². The fourth-order valence-corrected chi connectivity index (χ4v) is 1.55. The molecular weight excluding hydrogens is 164 g/mol. The zero-order valence-corrected chi connectivity index (χ0v) is 7.34. The lowest BCUT2D eigenvalue weighted by molar-refractivity contribution is -0.127. The molecule has 0 aromatic carbocycles. The van der Waals surface area contributed by atoms with Gasteiger partial charge in [-0.15, -0.1) is 11.6 Å². The zero-order chi connectivity index (χ0) is 8.43. The number of hydrogen-bond donors (Lipinski definition) is 1. The van der Waals surface area contributed by atoms with Crippen LogP contribution in [0.3, 0.4) is 0 Å². The lowest BCUT2D eigenvalue weighted by Crippen LogP contribution is -2.36. The maximum Gasteiger partial charge on any atom is 0.224 e. The lowest BCUT2D eigenvalue weighted by Gasteiger charge is -2.17. The van der Waals surface area contributed by atoms with Crippen LogP contribution in [0.15, 0.2) is 0 Å². The number of halogens is 1. The molecule has 0 aliphatic carbocycles. The van der Waals surface area contributed by atoms with Crippen molar-refractivity contribution in [3.8, 4) is 0 Å². The van der Waals surface area contributed by atoms with E-state index in [4.69, 9.17) is 17.3 Å².